The lowest BCUT2D eigenvalue weighted by Gasteiger charge is -2.15. The second-order valence-corrected chi connectivity index (χ2v) is 5.92. The highest BCUT2D eigenvalue weighted by Crippen LogP contribution is 2.30. The molecule has 0 spiro atoms. The maximum absolute atomic E-state index is 5.40. The van der Waals surface area contributed by atoms with Crippen molar-refractivity contribution in [3.05, 3.63) is 10.6 Å². The molecule has 0 aliphatic heterocycles. The van der Waals surface area contributed by atoms with E-state index in [1.165, 1.54) is 10.6 Å². The highest BCUT2D eigenvalue weighted by atomic mass is 32.1. The Balaban J connectivity index is 2.72. The fourth-order valence-corrected chi connectivity index (χ4v) is 2.94. The molecule has 0 bridgehead atoms. The zero-order chi connectivity index (χ0) is 14.3. The summed E-state index contributed by atoms with van der Waals surface area (Å²) in [4.78, 5) is 8.33. The minimum Gasteiger partial charge on any atom is -0.380 e. The van der Waals surface area contributed by atoms with Gasteiger partial charge in [-0.25, -0.2) is 4.98 Å². The molecule has 0 saturated carbocycles. The molecule has 19 heavy (non-hydrogen) atoms. The van der Waals surface area contributed by atoms with Crippen molar-refractivity contribution in [1.29, 1.82) is 0 Å². The first-order chi connectivity index (χ1) is 9.10. The third-order valence-electron chi connectivity index (χ3n) is 2.90. The highest BCUT2D eigenvalue weighted by molar-refractivity contribution is 7.15. The summed E-state index contributed by atoms with van der Waals surface area (Å²) in [6, 6.07) is 0. The van der Waals surface area contributed by atoms with E-state index in [-0.39, 0.29) is 0 Å². The van der Waals surface area contributed by atoms with Crippen molar-refractivity contribution in [2.45, 2.75) is 40.2 Å². The van der Waals surface area contributed by atoms with Crippen molar-refractivity contribution in [2.24, 2.45) is 0 Å². The smallest absolute Gasteiger partial charge is 0.185 e. The Morgan fingerprint density at radius 2 is 2.11 bits per heavy atom. The zero-order valence-electron chi connectivity index (χ0n) is 12.8. The molecule has 0 atom stereocenters. The van der Waals surface area contributed by atoms with E-state index in [2.05, 4.69) is 38.0 Å². The number of hydrogen-bond donors (Lipinski definition) is 1. The number of nitrogens with one attached hydrogen (secondary N) is 1. The van der Waals surface area contributed by atoms with Gasteiger partial charge in [-0.3, -0.25) is 0 Å². The number of nitrogens with zero attached hydrogens (tertiary/aromatic N) is 2. The molecule has 1 heterocycles. The third-order valence-corrected chi connectivity index (χ3v) is 4.09. The maximum atomic E-state index is 5.40. The van der Waals surface area contributed by atoms with Gasteiger partial charge in [0.25, 0.3) is 0 Å². The SMILES string of the molecule is CCNCc1sc(N(C)CCOCC)nc1C(C)C. The number of thiazole rings is 1. The molecule has 0 aromatic carbocycles. The van der Waals surface area contributed by atoms with Crippen LogP contribution in [-0.4, -0.2) is 38.3 Å². The predicted octanol–water partition coefficient (Wildman–Crippen LogP) is 2.85. The van der Waals surface area contributed by atoms with Gasteiger partial charge in [-0.05, 0) is 19.4 Å². The molecule has 0 saturated heterocycles. The van der Waals surface area contributed by atoms with Crippen molar-refractivity contribution < 1.29 is 4.74 Å². The summed E-state index contributed by atoms with van der Waals surface area (Å²) in [6.45, 7) is 12.9. The van der Waals surface area contributed by atoms with Gasteiger partial charge in [0, 0.05) is 31.6 Å². The van der Waals surface area contributed by atoms with Gasteiger partial charge in [0.15, 0.2) is 5.13 Å². The Kier molecular flexibility index (Phi) is 7.34. The van der Waals surface area contributed by atoms with Crippen LogP contribution in [-0.2, 0) is 11.3 Å². The van der Waals surface area contributed by atoms with Gasteiger partial charge in [0.2, 0.25) is 0 Å². The Morgan fingerprint density at radius 3 is 2.68 bits per heavy atom. The number of rotatable bonds is 9. The molecular weight excluding hydrogens is 258 g/mol. The Labute approximate surface area is 121 Å². The molecule has 0 fully saturated rings. The number of anilines is 1. The van der Waals surface area contributed by atoms with E-state index in [9.17, 15) is 0 Å². The fraction of sp³-hybridized carbons (Fsp3) is 0.786. The predicted molar refractivity (Wildman–Crippen MR) is 83.3 cm³/mol. The van der Waals surface area contributed by atoms with Crippen molar-refractivity contribution >= 4 is 16.5 Å². The molecule has 0 aliphatic carbocycles. The van der Waals surface area contributed by atoms with Crippen molar-refractivity contribution in [2.75, 3.05) is 38.3 Å². The van der Waals surface area contributed by atoms with Gasteiger partial charge in [-0.1, -0.05) is 20.8 Å². The van der Waals surface area contributed by atoms with Crippen LogP contribution in [0.15, 0.2) is 0 Å². The van der Waals surface area contributed by atoms with E-state index in [0.717, 1.165) is 38.0 Å². The molecular formula is C14H27N3OS. The van der Waals surface area contributed by atoms with Gasteiger partial charge in [0.1, 0.15) is 0 Å². The van der Waals surface area contributed by atoms with Crippen LogP contribution in [0.2, 0.25) is 0 Å². The fourth-order valence-electron chi connectivity index (χ4n) is 1.77. The molecule has 4 nitrogen and oxygen atoms in total. The second-order valence-electron chi connectivity index (χ2n) is 4.86. The quantitative estimate of drug-likeness (QED) is 0.708. The Bertz CT molecular complexity index is 366. The second kappa shape index (κ2) is 8.51. The molecule has 1 aromatic rings. The van der Waals surface area contributed by atoms with E-state index in [0.29, 0.717) is 5.92 Å². The zero-order valence-corrected chi connectivity index (χ0v) is 13.6. The average molecular weight is 285 g/mol. The van der Waals surface area contributed by atoms with Gasteiger partial charge in [-0.15, -0.1) is 11.3 Å². The minimum atomic E-state index is 0.471. The highest BCUT2D eigenvalue weighted by Gasteiger charge is 2.16. The van der Waals surface area contributed by atoms with Gasteiger partial charge in [0.05, 0.1) is 12.3 Å². The molecule has 110 valence electrons. The Hall–Kier alpha value is -0.650. The molecule has 0 amide bonds. The van der Waals surface area contributed by atoms with E-state index >= 15 is 0 Å². The van der Waals surface area contributed by atoms with Crippen molar-refractivity contribution in [1.82, 2.24) is 10.3 Å². The lowest BCUT2D eigenvalue weighted by molar-refractivity contribution is 0.154. The summed E-state index contributed by atoms with van der Waals surface area (Å²) in [5.41, 5.74) is 1.23. The first-order valence-corrected chi connectivity index (χ1v) is 7.90. The van der Waals surface area contributed by atoms with Crippen LogP contribution in [0.5, 0.6) is 0 Å². The Morgan fingerprint density at radius 1 is 1.37 bits per heavy atom. The standard InChI is InChI=1S/C14H27N3OS/c1-6-15-10-12-13(11(3)4)16-14(19-12)17(5)8-9-18-7-2/h11,15H,6-10H2,1-5H3. The number of ether oxygens (including phenoxy) is 1. The first-order valence-electron chi connectivity index (χ1n) is 7.09. The molecule has 1 rings (SSSR count). The van der Waals surface area contributed by atoms with Crippen molar-refractivity contribution in [3.8, 4) is 0 Å². The summed E-state index contributed by atoms with van der Waals surface area (Å²) in [7, 11) is 2.08. The lowest BCUT2D eigenvalue weighted by Crippen LogP contribution is -2.22. The van der Waals surface area contributed by atoms with Crippen LogP contribution in [0.4, 0.5) is 5.13 Å². The largest absolute Gasteiger partial charge is 0.380 e. The van der Waals surface area contributed by atoms with Gasteiger partial charge in [-0.2, -0.15) is 0 Å². The number of hydrogen-bond acceptors (Lipinski definition) is 5. The molecule has 5 heteroatoms. The van der Waals surface area contributed by atoms with Crippen LogP contribution < -0.4 is 10.2 Å². The maximum Gasteiger partial charge on any atom is 0.185 e. The van der Waals surface area contributed by atoms with E-state index in [4.69, 9.17) is 9.72 Å². The number of likely N-dealkylation sites (N-methyl/N-ethyl adjacent to an activating group) is 1. The summed E-state index contributed by atoms with van der Waals surface area (Å²) in [5.74, 6) is 0.471. The average Bonchev–Trinajstić information content (AvgIpc) is 2.80. The lowest BCUT2D eigenvalue weighted by atomic mass is 10.1. The summed E-state index contributed by atoms with van der Waals surface area (Å²) < 4.78 is 5.40. The summed E-state index contributed by atoms with van der Waals surface area (Å²) in [6.07, 6.45) is 0. The first kappa shape index (κ1) is 16.4. The number of aromatic nitrogens is 1. The third kappa shape index (κ3) is 5.09. The van der Waals surface area contributed by atoms with Crippen LogP contribution in [0, 0.1) is 0 Å². The molecule has 1 aromatic heterocycles. The summed E-state index contributed by atoms with van der Waals surface area (Å²) >= 11 is 1.79. The summed E-state index contributed by atoms with van der Waals surface area (Å²) in [5, 5.41) is 4.49. The van der Waals surface area contributed by atoms with Crippen LogP contribution in [0.3, 0.4) is 0 Å². The van der Waals surface area contributed by atoms with Gasteiger partial charge >= 0.3 is 0 Å². The molecule has 0 aliphatic rings. The van der Waals surface area contributed by atoms with E-state index in [1.807, 2.05) is 6.92 Å². The molecule has 0 radical (unpaired) electrons. The minimum absolute atomic E-state index is 0.471. The van der Waals surface area contributed by atoms with Crippen LogP contribution in [0.1, 0.15) is 44.2 Å². The molecule has 0 unspecified atom stereocenters. The van der Waals surface area contributed by atoms with Crippen molar-refractivity contribution in [3.63, 3.8) is 0 Å². The topological polar surface area (TPSA) is 37.4 Å². The van der Waals surface area contributed by atoms with E-state index in [1.54, 1.807) is 11.3 Å². The van der Waals surface area contributed by atoms with Crippen LogP contribution in [0.25, 0.3) is 0 Å². The monoisotopic (exact) mass is 285 g/mol. The van der Waals surface area contributed by atoms with E-state index < -0.39 is 0 Å². The van der Waals surface area contributed by atoms with Gasteiger partial charge < -0.3 is 15.0 Å². The van der Waals surface area contributed by atoms with Crippen LogP contribution >= 0.6 is 11.3 Å². The normalized spacial score (nSPS) is 11.3. The molecule has 1 N–H and O–H groups in total.